The largest absolute Gasteiger partial charge is 0.383 e. The Hall–Kier alpha value is -1.46. The molecule has 0 aromatic carbocycles. The van der Waals surface area contributed by atoms with Crippen molar-refractivity contribution in [1.29, 1.82) is 0 Å². The molecular formula is C10H11ClN4O. The average molecular weight is 239 g/mol. The van der Waals surface area contributed by atoms with Crippen LogP contribution in [0.25, 0.3) is 11.4 Å². The zero-order valence-electron chi connectivity index (χ0n) is 8.80. The molecule has 84 valence electrons. The number of rotatable bonds is 4. The molecule has 0 saturated carbocycles. The molecule has 0 N–H and O–H groups in total. The number of hydrogen-bond acceptors (Lipinski definition) is 4. The van der Waals surface area contributed by atoms with Crippen molar-refractivity contribution >= 4 is 11.6 Å². The molecule has 0 bridgehead atoms. The summed E-state index contributed by atoms with van der Waals surface area (Å²) in [6.07, 6.45) is 5.20. The minimum atomic E-state index is 0.426. The Morgan fingerprint density at radius 2 is 2.38 bits per heavy atom. The van der Waals surface area contributed by atoms with Gasteiger partial charge in [0, 0.05) is 19.5 Å². The third-order valence-corrected chi connectivity index (χ3v) is 2.25. The molecule has 2 aromatic heterocycles. The smallest absolute Gasteiger partial charge is 0.163 e. The molecule has 0 aliphatic heterocycles. The molecule has 2 aromatic rings. The van der Waals surface area contributed by atoms with Crippen LogP contribution >= 0.6 is 11.6 Å². The van der Waals surface area contributed by atoms with Crippen LogP contribution in [0.2, 0.25) is 5.15 Å². The standard InChI is InChI=1S/C10H11ClN4O/c1-16-5-4-15-7-8(6-13-15)10-12-3-2-9(11)14-10/h2-3,6-7H,4-5H2,1H3. The van der Waals surface area contributed by atoms with E-state index < -0.39 is 0 Å². The second-order valence-corrected chi connectivity index (χ2v) is 3.58. The van der Waals surface area contributed by atoms with Gasteiger partial charge in [-0.3, -0.25) is 4.68 Å². The molecule has 6 heteroatoms. The van der Waals surface area contributed by atoms with Crippen LogP contribution < -0.4 is 0 Å². The molecule has 0 amide bonds. The first-order valence-corrected chi connectivity index (χ1v) is 5.17. The van der Waals surface area contributed by atoms with Crippen molar-refractivity contribution in [2.75, 3.05) is 13.7 Å². The van der Waals surface area contributed by atoms with Gasteiger partial charge in [0.05, 0.1) is 24.9 Å². The molecule has 0 unspecified atom stereocenters. The predicted molar refractivity (Wildman–Crippen MR) is 60.1 cm³/mol. The van der Waals surface area contributed by atoms with Crippen molar-refractivity contribution in [2.24, 2.45) is 0 Å². The second-order valence-electron chi connectivity index (χ2n) is 3.19. The summed E-state index contributed by atoms with van der Waals surface area (Å²) in [6, 6.07) is 1.64. The monoisotopic (exact) mass is 238 g/mol. The molecule has 5 nitrogen and oxygen atoms in total. The predicted octanol–water partition coefficient (Wildman–Crippen LogP) is 1.64. The van der Waals surface area contributed by atoms with Crippen molar-refractivity contribution in [3.63, 3.8) is 0 Å². The maximum atomic E-state index is 5.79. The Balaban J connectivity index is 2.18. The highest BCUT2D eigenvalue weighted by atomic mass is 35.5. The molecule has 0 aliphatic rings. The van der Waals surface area contributed by atoms with E-state index in [0.717, 1.165) is 5.56 Å². The Bertz CT molecular complexity index is 471. The second kappa shape index (κ2) is 5.05. The Morgan fingerprint density at radius 3 is 3.12 bits per heavy atom. The fraction of sp³-hybridized carbons (Fsp3) is 0.300. The van der Waals surface area contributed by atoms with E-state index in [0.29, 0.717) is 24.1 Å². The first kappa shape index (κ1) is 11.0. The van der Waals surface area contributed by atoms with Crippen molar-refractivity contribution in [3.8, 4) is 11.4 Å². The molecular weight excluding hydrogens is 228 g/mol. The molecule has 2 heterocycles. The van der Waals surface area contributed by atoms with Crippen molar-refractivity contribution < 1.29 is 4.74 Å². The highest BCUT2D eigenvalue weighted by Crippen LogP contribution is 2.15. The number of methoxy groups -OCH3 is 1. The van der Waals surface area contributed by atoms with Crippen molar-refractivity contribution in [2.45, 2.75) is 6.54 Å². The van der Waals surface area contributed by atoms with Gasteiger partial charge in [0.2, 0.25) is 0 Å². The number of ether oxygens (including phenoxy) is 1. The lowest BCUT2D eigenvalue weighted by Gasteiger charge is -1.98. The van der Waals surface area contributed by atoms with Gasteiger partial charge in [-0.15, -0.1) is 0 Å². The number of nitrogens with zero attached hydrogens (tertiary/aromatic N) is 4. The topological polar surface area (TPSA) is 52.8 Å². The summed E-state index contributed by atoms with van der Waals surface area (Å²) in [5.41, 5.74) is 0.846. The lowest BCUT2D eigenvalue weighted by atomic mass is 10.3. The summed E-state index contributed by atoms with van der Waals surface area (Å²) in [5.74, 6) is 0.580. The summed E-state index contributed by atoms with van der Waals surface area (Å²) in [5, 5.41) is 4.60. The van der Waals surface area contributed by atoms with Gasteiger partial charge < -0.3 is 4.74 Å². The van der Waals surface area contributed by atoms with Gasteiger partial charge in [-0.1, -0.05) is 11.6 Å². The Kier molecular flexibility index (Phi) is 3.48. The SMILES string of the molecule is COCCn1cc(-c2nccc(Cl)n2)cn1. The van der Waals surface area contributed by atoms with Crippen LogP contribution in [0.4, 0.5) is 0 Å². The third kappa shape index (κ3) is 2.56. The molecule has 2 rings (SSSR count). The summed E-state index contributed by atoms with van der Waals surface area (Å²) < 4.78 is 6.75. The van der Waals surface area contributed by atoms with Gasteiger partial charge in [-0.2, -0.15) is 5.10 Å². The van der Waals surface area contributed by atoms with Gasteiger partial charge in [-0.25, -0.2) is 9.97 Å². The van der Waals surface area contributed by atoms with Gasteiger partial charge in [0.15, 0.2) is 5.82 Å². The maximum Gasteiger partial charge on any atom is 0.163 e. The summed E-state index contributed by atoms with van der Waals surface area (Å²) in [7, 11) is 1.66. The van der Waals surface area contributed by atoms with E-state index in [-0.39, 0.29) is 0 Å². The highest BCUT2D eigenvalue weighted by molar-refractivity contribution is 6.29. The van der Waals surface area contributed by atoms with E-state index >= 15 is 0 Å². The van der Waals surface area contributed by atoms with Gasteiger partial charge in [-0.05, 0) is 6.07 Å². The van der Waals surface area contributed by atoms with E-state index in [1.54, 1.807) is 30.3 Å². The molecule has 0 saturated heterocycles. The molecule has 16 heavy (non-hydrogen) atoms. The Morgan fingerprint density at radius 1 is 1.50 bits per heavy atom. The average Bonchev–Trinajstić information content (AvgIpc) is 2.75. The molecule has 0 fully saturated rings. The maximum absolute atomic E-state index is 5.79. The minimum absolute atomic E-state index is 0.426. The number of halogens is 1. The molecule has 0 radical (unpaired) electrons. The van der Waals surface area contributed by atoms with Gasteiger partial charge >= 0.3 is 0 Å². The van der Waals surface area contributed by atoms with E-state index in [2.05, 4.69) is 15.1 Å². The summed E-state index contributed by atoms with van der Waals surface area (Å²) in [4.78, 5) is 8.23. The fourth-order valence-corrected chi connectivity index (χ4v) is 1.40. The van der Waals surface area contributed by atoms with Crippen LogP contribution in [0.1, 0.15) is 0 Å². The first-order chi connectivity index (χ1) is 7.79. The van der Waals surface area contributed by atoms with Crippen LogP contribution in [0.3, 0.4) is 0 Å². The van der Waals surface area contributed by atoms with Crippen LogP contribution in [0.15, 0.2) is 24.7 Å². The minimum Gasteiger partial charge on any atom is -0.383 e. The highest BCUT2D eigenvalue weighted by Gasteiger charge is 2.04. The van der Waals surface area contributed by atoms with E-state index in [1.165, 1.54) is 0 Å². The zero-order valence-corrected chi connectivity index (χ0v) is 9.55. The quantitative estimate of drug-likeness (QED) is 0.760. The van der Waals surface area contributed by atoms with Crippen molar-refractivity contribution in [1.82, 2.24) is 19.7 Å². The lowest BCUT2D eigenvalue weighted by Crippen LogP contribution is -2.03. The van der Waals surface area contributed by atoms with Crippen LogP contribution in [0, 0.1) is 0 Å². The Labute approximate surface area is 98.0 Å². The van der Waals surface area contributed by atoms with Crippen LogP contribution in [0.5, 0.6) is 0 Å². The number of hydrogen-bond donors (Lipinski definition) is 0. The van der Waals surface area contributed by atoms with E-state index in [4.69, 9.17) is 16.3 Å². The van der Waals surface area contributed by atoms with E-state index in [1.807, 2.05) is 6.20 Å². The zero-order chi connectivity index (χ0) is 11.4. The van der Waals surface area contributed by atoms with E-state index in [9.17, 15) is 0 Å². The normalized spacial score (nSPS) is 10.6. The first-order valence-electron chi connectivity index (χ1n) is 4.80. The molecule has 0 aliphatic carbocycles. The van der Waals surface area contributed by atoms with Gasteiger partial charge in [0.1, 0.15) is 5.15 Å². The lowest BCUT2D eigenvalue weighted by molar-refractivity contribution is 0.183. The third-order valence-electron chi connectivity index (χ3n) is 2.04. The van der Waals surface area contributed by atoms with Gasteiger partial charge in [0.25, 0.3) is 0 Å². The fourth-order valence-electron chi connectivity index (χ4n) is 1.26. The van der Waals surface area contributed by atoms with Crippen LogP contribution in [-0.4, -0.2) is 33.5 Å². The molecule has 0 spiro atoms. The summed E-state index contributed by atoms with van der Waals surface area (Å²) >= 11 is 5.79. The van der Waals surface area contributed by atoms with Crippen LogP contribution in [-0.2, 0) is 11.3 Å². The number of aromatic nitrogens is 4. The van der Waals surface area contributed by atoms with Crippen molar-refractivity contribution in [3.05, 3.63) is 29.8 Å². The molecule has 0 atom stereocenters. The summed E-state index contributed by atoms with van der Waals surface area (Å²) in [6.45, 7) is 1.33.